The van der Waals surface area contributed by atoms with Crippen LogP contribution in [0.4, 0.5) is 5.82 Å². The molecule has 1 fully saturated rings. The van der Waals surface area contributed by atoms with E-state index >= 15 is 0 Å². The number of aromatic nitrogens is 2. The fraction of sp³-hybridized carbons (Fsp3) is 0.577. The third-order valence-electron chi connectivity index (χ3n) is 6.43. The number of anilines is 1. The van der Waals surface area contributed by atoms with Gasteiger partial charge in [0.15, 0.2) is 0 Å². The maximum Gasteiger partial charge on any atom is 0.354 e. The quantitative estimate of drug-likeness (QED) is 0.444. The minimum atomic E-state index is -0.881. The van der Waals surface area contributed by atoms with E-state index in [1.54, 1.807) is 29.5 Å². The molecule has 9 heteroatoms. The summed E-state index contributed by atoms with van der Waals surface area (Å²) in [5, 5.41) is 3.63. The first kappa shape index (κ1) is 26.8. The number of rotatable bonds is 11. The fourth-order valence-corrected chi connectivity index (χ4v) is 4.41. The summed E-state index contributed by atoms with van der Waals surface area (Å²) >= 11 is 0. The molecule has 192 valence electrons. The minimum Gasteiger partial charge on any atom is -0.353 e. The van der Waals surface area contributed by atoms with Crippen molar-refractivity contribution in [2.24, 2.45) is 11.5 Å². The van der Waals surface area contributed by atoms with E-state index in [9.17, 15) is 9.59 Å². The zero-order chi connectivity index (χ0) is 25.4. The minimum absolute atomic E-state index is 0.0596. The summed E-state index contributed by atoms with van der Waals surface area (Å²) < 4.78 is 1.55. The van der Waals surface area contributed by atoms with Gasteiger partial charge in [-0.15, -0.1) is 0 Å². The Hall–Kier alpha value is -2.75. The van der Waals surface area contributed by atoms with Gasteiger partial charge >= 0.3 is 5.69 Å². The van der Waals surface area contributed by atoms with E-state index in [0.717, 1.165) is 44.5 Å². The van der Waals surface area contributed by atoms with Crippen LogP contribution in [0.3, 0.4) is 0 Å². The summed E-state index contributed by atoms with van der Waals surface area (Å²) in [6.45, 7) is 9.51. The molecule has 1 aromatic carbocycles. The van der Waals surface area contributed by atoms with Crippen LogP contribution in [0, 0.1) is 0 Å². The van der Waals surface area contributed by atoms with E-state index < -0.39 is 5.54 Å². The highest BCUT2D eigenvalue weighted by atomic mass is 16.2. The number of nitrogens with zero attached hydrogens (tertiary/aromatic N) is 4. The van der Waals surface area contributed by atoms with Crippen molar-refractivity contribution in [2.75, 3.05) is 37.6 Å². The number of benzene rings is 1. The van der Waals surface area contributed by atoms with Crippen LogP contribution in [-0.4, -0.2) is 64.7 Å². The molecule has 0 saturated carbocycles. The highest BCUT2D eigenvalue weighted by Gasteiger charge is 2.30. The van der Waals surface area contributed by atoms with Crippen molar-refractivity contribution in [2.45, 2.75) is 64.6 Å². The topological polar surface area (TPSA) is 123 Å². The maximum atomic E-state index is 12.8. The van der Waals surface area contributed by atoms with Crippen LogP contribution < -0.4 is 27.4 Å². The van der Waals surface area contributed by atoms with E-state index in [0.29, 0.717) is 38.0 Å². The average molecular weight is 484 g/mol. The number of carbonyl (C=O) groups excluding carboxylic acids is 1. The predicted molar refractivity (Wildman–Crippen MR) is 141 cm³/mol. The van der Waals surface area contributed by atoms with E-state index in [4.69, 9.17) is 11.5 Å². The van der Waals surface area contributed by atoms with Crippen molar-refractivity contribution < 1.29 is 4.79 Å². The Morgan fingerprint density at radius 2 is 1.80 bits per heavy atom. The number of carbonyl (C=O) groups is 1. The normalized spacial score (nSPS) is 15.3. The fourth-order valence-electron chi connectivity index (χ4n) is 4.41. The van der Waals surface area contributed by atoms with Gasteiger partial charge in [-0.3, -0.25) is 9.36 Å². The van der Waals surface area contributed by atoms with Gasteiger partial charge in [0.1, 0.15) is 5.82 Å². The number of piperazine rings is 1. The van der Waals surface area contributed by atoms with Crippen LogP contribution in [-0.2, 0) is 11.3 Å². The molecule has 9 nitrogen and oxygen atoms in total. The molecule has 3 rings (SSSR count). The summed E-state index contributed by atoms with van der Waals surface area (Å²) in [7, 11) is 0. The molecule has 1 saturated heterocycles. The van der Waals surface area contributed by atoms with Crippen molar-refractivity contribution in [3.05, 3.63) is 52.6 Å². The Bertz CT molecular complexity index is 1010. The summed E-state index contributed by atoms with van der Waals surface area (Å²) in [5.74, 6) is 0.571. The largest absolute Gasteiger partial charge is 0.354 e. The lowest BCUT2D eigenvalue weighted by molar-refractivity contribution is -0.136. The standard InChI is InChI=1S/C26H41N7O2/c1-4-6-21(7-5-13-27)29-19-20-8-10-22(11-9-20)33-14-12-23(30-25(33)35)31-15-17-32(18-16-31)24(34)26(2,3)28/h8-12,14,21,29H,4-7,13,15-19,27-28H2,1-3H3. The zero-order valence-electron chi connectivity index (χ0n) is 21.4. The van der Waals surface area contributed by atoms with Gasteiger partial charge in [0.25, 0.3) is 0 Å². The third kappa shape index (κ3) is 7.37. The SMILES string of the molecule is CCCC(CCCN)NCc1ccc(-n2ccc(N3CCN(C(=O)C(C)(C)N)CC3)nc2=O)cc1. The van der Waals surface area contributed by atoms with Crippen LogP contribution in [0.2, 0.25) is 0 Å². The molecule has 1 amide bonds. The van der Waals surface area contributed by atoms with E-state index in [2.05, 4.69) is 17.2 Å². The van der Waals surface area contributed by atoms with Crippen LogP contribution in [0.1, 0.15) is 52.0 Å². The monoisotopic (exact) mass is 483 g/mol. The summed E-state index contributed by atoms with van der Waals surface area (Å²) in [4.78, 5) is 33.3. The van der Waals surface area contributed by atoms with Crippen molar-refractivity contribution in [3.8, 4) is 5.69 Å². The second-order valence-corrected chi connectivity index (χ2v) is 9.90. The lowest BCUT2D eigenvalue weighted by Crippen LogP contribution is -2.57. The molecule has 0 spiro atoms. The number of nitrogens with two attached hydrogens (primary N) is 2. The van der Waals surface area contributed by atoms with E-state index in [-0.39, 0.29) is 11.6 Å². The Kier molecular flexibility index (Phi) is 9.42. The van der Waals surface area contributed by atoms with Crippen molar-refractivity contribution >= 4 is 11.7 Å². The first-order chi connectivity index (χ1) is 16.7. The lowest BCUT2D eigenvalue weighted by atomic mass is 10.0. The van der Waals surface area contributed by atoms with Gasteiger partial charge in [-0.1, -0.05) is 25.5 Å². The second kappa shape index (κ2) is 12.3. The first-order valence-electron chi connectivity index (χ1n) is 12.7. The Balaban J connectivity index is 1.60. The molecule has 35 heavy (non-hydrogen) atoms. The number of hydrogen-bond donors (Lipinski definition) is 3. The molecule has 0 aliphatic carbocycles. The van der Waals surface area contributed by atoms with Crippen LogP contribution in [0.15, 0.2) is 41.3 Å². The molecule has 0 radical (unpaired) electrons. The van der Waals surface area contributed by atoms with E-state index in [1.807, 2.05) is 35.2 Å². The molecule has 0 bridgehead atoms. The Labute approximate surface area is 208 Å². The summed E-state index contributed by atoms with van der Waals surface area (Å²) in [6, 6.07) is 10.3. The van der Waals surface area contributed by atoms with Crippen molar-refractivity contribution in [3.63, 3.8) is 0 Å². The van der Waals surface area contributed by atoms with Gasteiger partial charge in [-0.25, -0.2) is 4.79 Å². The number of hydrogen-bond acceptors (Lipinski definition) is 7. The smallest absolute Gasteiger partial charge is 0.353 e. The van der Waals surface area contributed by atoms with Gasteiger partial charge < -0.3 is 26.6 Å². The molecule has 1 aromatic heterocycles. The highest BCUT2D eigenvalue weighted by Crippen LogP contribution is 2.16. The second-order valence-electron chi connectivity index (χ2n) is 9.90. The van der Waals surface area contributed by atoms with E-state index in [1.165, 1.54) is 5.56 Å². The van der Waals surface area contributed by atoms with Crippen LogP contribution in [0.5, 0.6) is 0 Å². The maximum absolute atomic E-state index is 12.8. The van der Waals surface area contributed by atoms with Gasteiger partial charge in [0.2, 0.25) is 5.91 Å². The van der Waals surface area contributed by atoms with Gasteiger partial charge in [0.05, 0.1) is 11.2 Å². The first-order valence-corrected chi connectivity index (χ1v) is 12.7. The molecule has 1 atom stereocenters. The third-order valence-corrected chi connectivity index (χ3v) is 6.43. The van der Waals surface area contributed by atoms with Gasteiger partial charge in [-0.05, 0) is 63.4 Å². The molecular formula is C26H41N7O2. The van der Waals surface area contributed by atoms with Crippen LogP contribution >= 0.6 is 0 Å². The summed E-state index contributed by atoms with van der Waals surface area (Å²) in [6.07, 6.45) is 6.17. The van der Waals surface area contributed by atoms with Crippen LogP contribution in [0.25, 0.3) is 5.69 Å². The molecule has 2 heterocycles. The predicted octanol–water partition coefficient (Wildman–Crippen LogP) is 1.62. The summed E-state index contributed by atoms with van der Waals surface area (Å²) in [5.41, 5.74) is 12.4. The molecular weight excluding hydrogens is 442 g/mol. The Morgan fingerprint density at radius 1 is 1.11 bits per heavy atom. The lowest BCUT2D eigenvalue weighted by Gasteiger charge is -2.37. The number of amides is 1. The van der Waals surface area contributed by atoms with Crippen molar-refractivity contribution in [1.29, 1.82) is 0 Å². The van der Waals surface area contributed by atoms with Gasteiger partial charge in [0, 0.05) is 45.0 Å². The molecule has 5 N–H and O–H groups in total. The van der Waals surface area contributed by atoms with Crippen molar-refractivity contribution in [1.82, 2.24) is 19.8 Å². The Morgan fingerprint density at radius 3 is 2.37 bits per heavy atom. The number of nitrogens with one attached hydrogen (secondary N) is 1. The molecule has 2 aromatic rings. The highest BCUT2D eigenvalue weighted by molar-refractivity contribution is 5.85. The molecule has 1 unspecified atom stereocenters. The van der Waals surface area contributed by atoms with Gasteiger partial charge in [-0.2, -0.15) is 4.98 Å². The molecule has 1 aliphatic heterocycles. The average Bonchev–Trinajstić information content (AvgIpc) is 2.85. The zero-order valence-corrected chi connectivity index (χ0v) is 21.4. The molecule has 1 aliphatic rings.